The summed E-state index contributed by atoms with van der Waals surface area (Å²) in [6, 6.07) is 1.17. The molecule has 0 spiro atoms. The molecule has 0 radical (unpaired) electrons. The minimum absolute atomic E-state index is 0.263. The van der Waals surface area contributed by atoms with Crippen molar-refractivity contribution in [1.82, 2.24) is 10.2 Å². The lowest BCUT2D eigenvalue weighted by Gasteiger charge is -2.43. The Kier molecular flexibility index (Phi) is 6.98. The third-order valence-electron chi connectivity index (χ3n) is 4.12. The van der Waals surface area contributed by atoms with E-state index in [-0.39, 0.29) is 5.25 Å². The van der Waals surface area contributed by atoms with E-state index in [1.807, 2.05) is 6.26 Å². The van der Waals surface area contributed by atoms with Gasteiger partial charge in [-0.05, 0) is 25.2 Å². The standard InChI is InChI=1S/C15H32N2OS/c1-11(2)7-14-10-17(9-13(5)19(6)18)15(8-16-14)12(3)4/h11-16H,7-10H2,1-6H3. The van der Waals surface area contributed by atoms with Crippen LogP contribution in [0.15, 0.2) is 0 Å². The average molecular weight is 289 g/mol. The molecule has 0 bridgehead atoms. The van der Waals surface area contributed by atoms with Crippen LogP contribution >= 0.6 is 0 Å². The first-order valence-corrected chi connectivity index (χ1v) is 9.23. The molecule has 1 aliphatic heterocycles. The Morgan fingerprint density at radius 3 is 2.37 bits per heavy atom. The van der Waals surface area contributed by atoms with Crippen LogP contribution < -0.4 is 5.32 Å². The largest absolute Gasteiger partial charge is 0.311 e. The smallest absolute Gasteiger partial charge is 0.0444 e. The molecule has 1 N–H and O–H groups in total. The summed E-state index contributed by atoms with van der Waals surface area (Å²) in [4.78, 5) is 2.57. The number of piperazine rings is 1. The van der Waals surface area contributed by atoms with Crippen molar-refractivity contribution in [3.63, 3.8) is 0 Å². The van der Waals surface area contributed by atoms with Crippen molar-refractivity contribution in [3.05, 3.63) is 0 Å². The third kappa shape index (κ3) is 5.52. The number of rotatable bonds is 6. The first-order valence-electron chi connectivity index (χ1n) is 7.60. The van der Waals surface area contributed by atoms with Gasteiger partial charge in [0, 0.05) is 54.0 Å². The summed E-state index contributed by atoms with van der Waals surface area (Å²) in [6.45, 7) is 14.4. The zero-order valence-corrected chi connectivity index (χ0v) is 14.3. The van der Waals surface area contributed by atoms with E-state index in [9.17, 15) is 4.21 Å². The second-order valence-corrected chi connectivity index (χ2v) is 8.61. The topological polar surface area (TPSA) is 32.3 Å². The van der Waals surface area contributed by atoms with Crippen molar-refractivity contribution < 1.29 is 4.21 Å². The fourth-order valence-electron chi connectivity index (χ4n) is 2.93. The van der Waals surface area contributed by atoms with Gasteiger partial charge in [0.25, 0.3) is 0 Å². The van der Waals surface area contributed by atoms with Crippen LogP contribution in [0.2, 0.25) is 0 Å². The molecule has 0 amide bonds. The Hall–Kier alpha value is 0.0700. The molecule has 1 heterocycles. The van der Waals surface area contributed by atoms with Crippen LogP contribution in [0.4, 0.5) is 0 Å². The van der Waals surface area contributed by atoms with Crippen molar-refractivity contribution >= 4 is 10.8 Å². The highest BCUT2D eigenvalue weighted by Gasteiger charge is 2.31. The van der Waals surface area contributed by atoms with E-state index in [4.69, 9.17) is 0 Å². The Morgan fingerprint density at radius 1 is 1.26 bits per heavy atom. The summed E-state index contributed by atoms with van der Waals surface area (Å²) in [5.41, 5.74) is 0. The Labute approximate surface area is 122 Å². The molecule has 0 aromatic carbocycles. The fraction of sp³-hybridized carbons (Fsp3) is 1.00. The van der Waals surface area contributed by atoms with Gasteiger partial charge in [-0.25, -0.2) is 0 Å². The van der Waals surface area contributed by atoms with Crippen LogP contribution in [0, 0.1) is 11.8 Å². The molecule has 114 valence electrons. The molecule has 19 heavy (non-hydrogen) atoms. The van der Waals surface area contributed by atoms with Gasteiger partial charge < -0.3 is 5.32 Å². The lowest BCUT2D eigenvalue weighted by molar-refractivity contribution is 0.0934. The summed E-state index contributed by atoms with van der Waals surface area (Å²) in [5.74, 6) is 1.37. The summed E-state index contributed by atoms with van der Waals surface area (Å²) in [7, 11) is -0.724. The van der Waals surface area contributed by atoms with Crippen LogP contribution in [0.5, 0.6) is 0 Å². The van der Waals surface area contributed by atoms with Gasteiger partial charge in [-0.3, -0.25) is 9.11 Å². The monoisotopic (exact) mass is 288 g/mol. The second kappa shape index (κ2) is 7.75. The number of nitrogens with zero attached hydrogens (tertiary/aromatic N) is 1. The summed E-state index contributed by atoms with van der Waals surface area (Å²) in [6.07, 6.45) is 3.05. The molecule has 0 saturated carbocycles. The van der Waals surface area contributed by atoms with Gasteiger partial charge in [0.1, 0.15) is 0 Å². The van der Waals surface area contributed by atoms with E-state index in [2.05, 4.69) is 44.8 Å². The van der Waals surface area contributed by atoms with Gasteiger partial charge in [0.15, 0.2) is 0 Å². The molecule has 4 unspecified atom stereocenters. The predicted molar refractivity (Wildman–Crippen MR) is 85.0 cm³/mol. The first kappa shape index (κ1) is 17.1. The molecule has 4 atom stereocenters. The Bertz CT molecular complexity index is 294. The van der Waals surface area contributed by atoms with Gasteiger partial charge in [-0.15, -0.1) is 0 Å². The SMILES string of the molecule is CC(C)CC1CN(CC(C)S(C)=O)C(C(C)C)CN1. The molecule has 0 aromatic rings. The van der Waals surface area contributed by atoms with Gasteiger partial charge in [0.2, 0.25) is 0 Å². The van der Waals surface area contributed by atoms with Crippen molar-refractivity contribution in [2.24, 2.45) is 11.8 Å². The zero-order chi connectivity index (χ0) is 14.6. The highest BCUT2D eigenvalue weighted by atomic mass is 32.2. The molecule has 4 heteroatoms. The molecule has 1 fully saturated rings. The maximum atomic E-state index is 11.6. The van der Waals surface area contributed by atoms with Crippen LogP contribution in [0.3, 0.4) is 0 Å². The molecular weight excluding hydrogens is 256 g/mol. The highest BCUT2D eigenvalue weighted by molar-refractivity contribution is 7.84. The zero-order valence-electron chi connectivity index (χ0n) is 13.5. The van der Waals surface area contributed by atoms with Crippen molar-refractivity contribution in [2.45, 2.75) is 58.4 Å². The Balaban J connectivity index is 2.65. The normalized spacial score (nSPS) is 28.8. The quantitative estimate of drug-likeness (QED) is 0.812. The van der Waals surface area contributed by atoms with E-state index in [1.54, 1.807) is 0 Å². The van der Waals surface area contributed by atoms with Crippen molar-refractivity contribution in [3.8, 4) is 0 Å². The maximum absolute atomic E-state index is 11.6. The van der Waals surface area contributed by atoms with E-state index < -0.39 is 10.8 Å². The van der Waals surface area contributed by atoms with E-state index in [0.29, 0.717) is 18.0 Å². The van der Waals surface area contributed by atoms with Crippen molar-refractivity contribution in [2.75, 3.05) is 25.9 Å². The molecule has 1 saturated heterocycles. The number of nitrogens with one attached hydrogen (secondary N) is 1. The van der Waals surface area contributed by atoms with Crippen LogP contribution in [-0.2, 0) is 10.8 Å². The third-order valence-corrected chi connectivity index (χ3v) is 5.41. The summed E-state index contributed by atoms with van der Waals surface area (Å²) >= 11 is 0. The van der Waals surface area contributed by atoms with Gasteiger partial charge in [-0.2, -0.15) is 0 Å². The lowest BCUT2D eigenvalue weighted by atomic mass is 9.95. The van der Waals surface area contributed by atoms with Crippen LogP contribution in [0.1, 0.15) is 41.0 Å². The summed E-state index contributed by atoms with van der Waals surface area (Å²) < 4.78 is 11.6. The summed E-state index contributed by atoms with van der Waals surface area (Å²) in [5, 5.41) is 3.96. The minimum atomic E-state index is -0.724. The van der Waals surface area contributed by atoms with Crippen LogP contribution in [0.25, 0.3) is 0 Å². The maximum Gasteiger partial charge on any atom is 0.0444 e. The number of hydrogen-bond donors (Lipinski definition) is 1. The van der Waals surface area contributed by atoms with Crippen molar-refractivity contribution in [1.29, 1.82) is 0 Å². The fourth-order valence-corrected chi connectivity index (χ4v) is 3.33. The number of hydrogen-bond acceptors (Lipinski definition) is 3. The van der Waals surface area contributed by atoms with E-state index >= 15 is 0 Å². The van der Waals surface area contributed by atoms with Crippen LogP contribution in [-0.4, -0.2) is 52.3 Å². The van der Waals surface area contributed by atoms with E-state index in [0.717, 1.165) is 25.6 Å². The average Bonchev–Trinajstić information content (AvgIpc) is 2.27. The van der Waals surface area contributed by atoms with Gasteiger partial charge in [-0.1, -0.05) is 27.7 Å². The first-order chi connectivity index (χ1) is 8.81. The molecule has 0 aliphatic carbocycles. The lowest BCUT2D eigenvalue weighted by Crippen LogP contribution is -2.59. The molecule has 0 aromatic heterocycles. The molecule has 3 nitrogen and oxygen atoms in total. The molecular formula is C15H32N2OS. The molecule has 1 aliphatic rings. The highest BCUT2D eigenvalue weighted by Crippen LogP contribution is 2.19. The van der Waals surface area contributed by atoms with Gasteiger partial charge >= 0.3 is 0 Å². The van der Waals surface area contributed by atoms with Gasteiger partial charge in [0.05, 0.1) is 0 Å². The molecule has 1 rings (SSSR count). The van der Waals surface area contributed by atoms with E-state index in [1.165, 1.54) is 6.42 Å². The second-order valence-electron chi connectivity index (χ2n) is 6.81. The Morgan fingerprint density at radius 2 is 1.89 bits per heavy atom. The minimum Gasteiger partial charge on any atom is -0.311 e. The predicted octanol–water partition coefficient (Wildman–Crippen LogP) is 2.10.